The molecule has 0 aromatic heterocycles. The predicted molar refractivity (Wildman–Crippen MR) is 69.9 cm³/mol. The van der Waals surface area contributed by atoms with Gasteiger partial charge in [-0.1, -0.05) is 37.6 Å². The maximum Gasteiger partial charge on any atom is 0.246 e. The van der Waals surface area contributed by atoms with Gasteiger partial charge >= 0.3 is 0 Å². The first-order valence-electron chi connectivity index (χ1n) is 6.30. The van der Waals surface area contributed by atoms with Crippen LogP contribution in [0.3, 0.4) is 0 Å². The van der Waals surface area contributed by atoms with Crippen molar-refractivity contribution in [2.45, 2.75) is 32.9 Å². The lowest BCUT2D eigenvalue weighted by atomic mass is 10.1. The van der Waals surface area contributed by atoms with Gasteiger partial charge in [-0.3, -0.25) is 4.79 Å². The number of hydrogen-bond donors (Lipinski definition) is 2. The number of carbonyl (C=O) groups is 1. The van der Waals surface area contributed by atoms with Gasteiger partial charge in [-0.05, 0) is 17.5 Å². The Labute approximate surface area is 108 Å². The van der Waals surface area contributed by atoms with E-state index in [0.29, 0.717) is 13.2 Å². The molecule has 0 radical (unpaired) electrons. The number of aliphatic hydroxyl groups excluding tert-OH is 1. The van der Waals surface area contributed by atoms with Crippen LogP contribution < -0.4 is 5.32 Å². The van der Waals surface area contributed by atoms with Gasteiger partial charge in [-0.2, -0.15) is 0 Å². The van der Waals surface area contributed by atoms with Crippen molar-refractivity contribution in [2.75, 3.05) is 13.2 Å². The highest BCUT2D eigenvalue weighted by Gasteiger charge is 2.04. The molecule has 2 N–H and O–H groups in total. The van der Waals surface area contributed by atoms with Gasteiger partial charge in [0.25, 0.3) is 0 Å². The van der Waals surface area contributed by atoms with Crippen molar-refractivity contribution >= 4 is 5.91 Å². The fourth-order valence-electron chi connectivity index (χ4n) is 1.54. The van der Waals surface area contributed by atoms with E-state index in [9.17, 15) is 4.79 Å². The summed E-state index contributed by atoms with van der Waals surface area (Å²) >= 11 is 0. The van der Waals surface area contributed by atoms with E-state index < -0.39 is 0 Å². The van der Waals surface area contributed by atoms with Crippen LogP contribution in [0.4, 0.5) is 0 Å². The van der Waals surface area contributed by atoms with E-state index in [2.05, 4.69) is 12.2 Å². The van der Waals surface area contributed by atoms with E-state index in [1.54, 1.807) is 0 Å². The first-order chi connectivity index (χ1) is 8.77. The Morgan fingerprint density at radius 1 is 1.33 bits per heavy atom. The molecule has 1 rings (SSSR count). The molecule has 0 aliphatic carbocycles. The van der Waals surface area contributed by atoms with Crippen LogP contribution in [0.2, 0.25) is 0 Å². The second-order valence-corrected chi connectivity index (χ2v) is 4.11. The molecule has 0 saturated carbocycles. The van der Waals surface area contributed by atoms with E-state index in [0.717, 1.165) is 24.0 Å². The van der Waals surface area contributed by atoms with E-state index >= 15 is 0 Å². The lowest BCUT2D eigenvalue weighted by Crippen LogP contribution is -2.27. The molecule has 18 heavy (non-hydrogen) atoms. The summed E-state index contributed by atoms with van der Waals surface area (Å²) in [6.07, 6.45) is 2.03. The third-order valence-corrected chi connectivity index (χ3v) is 2.64. The topological polar surface area (TPSA) is 58.6 Å². The standard InChI is InChI=1S/C14H21NO3/c1-2-3-8-18-11-14(17)15-9-12-6-4-5-7-13(12)10-16/h4-7,16H,2-3,8-11H2,1H3,(H,15,17). The molecule has 4 heteroatoms. The maximum atomic E-state index is 11.5. The van der Waals surface area contributed by atoms with Gasteiger partial charge in [0.2, 0.25) is 5.91 Å². The zero-order chi connectivity index (χ0) is 13.2. The lowest BCUT2D eigenvalue weighted by Gasteiger charge is -2.09. The van der Waals surface area contributed by atoms with Crippen molar-refractivity contribution in [3.8, 4) is 0 Å². The minimum absolute atomic E-state index is 0.0148. The molecule has 0 bridgehead atoms. The summed E-state index contributed by atoms with van der Waals surface area (Å²) in [7, 11) is 0. The Kier molecular flexibility index (Phi) is 7.06. The summed E-state index contributed by atoms with van der Waals surface area (Å²) in [5.74, 6) is -0.126. The monoisotopic (exact) mass is 251 g/mol. The number of amides is 1. The molecule has 0 saturated heterocycles. The average molecular weight is 251 g/mol. The molecule has 0 aliphatic heterocycles. The summed E-state index contributed by atoms with van der Waals surface area (Å²) < 4.78 is 5.22. The van der Waals surface area contributed by atoms with Crippen molar-refractivity contribution in [1.29, 1.82) is 0 Å². The molecular formula is C14H21NO3. The van der Waals surface area contributed by atoms with E-state index in [1.807, 2.05) is 24.3 Å². The number of benzene rings is 1. The third-order valence-electron chi connectivity index (χ3n) is 2.64. The first kappa shape index (κ1) is 14.7. The van der Waals surface area contributed by atoms with Crippen molar-refractivity contribution in [2.24, 2.45) is 0 Å². The Hall–Kier alpha value is -1.39. The lowest BCUT2D eigenvalue weighted by molar-refractivity contribution is -0.125. The number of unbranched alkanes of at least 4 members (excludes halogenated alkanes) is 1. The molecule has 100 valence electrons. The van der Waals surface area contributed by atoms with E-state index in [-0.39, 0.29) is 19.1 Å². The number of aliphatic hydroxyl groups is 1. The number of ether oxygens (including phenoxy) is 1. The molecule has 0 fully saturated rings. The Bertz CT molecular complexity index is 366. The molecule has 0 atom stereocenters. The number of hydrogen-bond acceptors (Lipinski definition) is 3. The number of carbonyl (C=O) groups excluding carboxylic acids is 1. The number of nitrogens with one attached hydrogen (secondary N) is 1. The van der Waals surface area contributed by atoms with Gasteiger partial charge in [0.1, 0.15) is 6.61 Å². The smallest absolute Gasteiger partial charge is 0.246 e. The summed E-state index contributed by atoms with van der Waals surface area (Å²) in [6.45, 7) is 3.21. The Balaban J connectivity index is 2.29. The molecule has 0 heterocycles. The summed E-state index contributed by atoms with van der Waals surface area (Å²) in [5.41, 5.74) is 1.77. The Morgan fingerprint density at radius 3 is 2.72 bits per heavy atom. The second-order valence-electron chi connectivity index (χ2n) is 4.11. The van der Waals surface area contributed by atoms with E-state index in [4.69, 9.17) is 9.84 Å². The van der Waals surface area contributed by atoms with Gasteiger partial charge in [-0.15, -0.1) is 0 Å². The van der Waals surface area contributed by atoms with Crippen LogP contribution in [0, 0.1) is 0 Å². The van der Waals surface area contributed by atoms with Crippen LogP contribution >= 0.6 is 0 Å². The van der Waals surface area contributed by atoms with Gasteiger partial charge in [-0.25, -0.2) is 0 Å². The summed E-state index contributed by atoms with van der Waals surface area (Å²) in [6, 6.07) is 7.49. The second kappa shape index (κ2) is 8.66. The third kappa shape index (κ3) is 5.29. The SMILES string of the molecule is CCCCOCC(=O)NCc1ccccc1CO. The van der Waals surface area contributed by atoms with Crippen LogP contribution in [0.25, 0.3) is 0 Å². The molecular weight excluding hydrogens is 230 g/mol. The zero-order valence-corrected chi connectivity index (χ0v) is 10.8. The molecule has 0 aliphatic rings. The van der Waals surface area contributed by atoms with Gasteiger partial charge in [0.15, 0.2) is 0 Å². The molecule has 1 aromatic rings. The highest BCUT2D eigenvalue weighted by atomic mass is 16.5. The van der Waals surface area contributed by atoms with E-state index in [1.165, 1.54) is 0 Å². The average Bonchev–Trinajstić information content (AvgIpc) is 2.41. The van der Waals surface area contributed by atoms with Crippen molar-refractivity contribution < 1.29 is 14.6 Å². The van der Waals surface area contributed by atoms with Crippen LogP contribution in [-0.2, 0) is 22.7 Å². The fourth-order valence-corrected chi connectivity index (χ4v) is 1.54. The van der Waals surface area contributed by atoms with Crippen LogP contribution in [0.1, 0.15) is 30.9 Å². The van der Waals surface area contributed by atoms with Crippen molar-refractivity contribution in [1.82, 2.24) is 5.32 Å². The molecule has 4 nitrogen and oxygen atoms in total. The van der Waals surface area contributed by atoms with Crippen molar-refractivity contribution in [3.05, 3.63) is 35.4 Å². The predicted octanol–water partition coefficient (Wildman–Crippen LogP) is 1.61. The van der Waals surface area contributed by atoms with Crippen molar-refractivity contribution in [3.63, 3.8) is 0 Å². The minimum Gasteiger partial charge on any atom is -0.392 e. The highest BCUT2D eigenvalue weighted by Crippen LogP contribution is 2.07. The quantitative estimate of drug-likeness (QED) is 0.690. The van der Waals surface area contributed by atoms with Crippen LogP contribution in [0.5, 0.6) is 0 Å². The molecule has 1 amide bonds. The first-order valence-corrected chi connectivity index (χ1v) is 6.30. The normalized spacial score (nSPS) is 10.3. The van der Waals surface area contributed by atoms with Gasteiger partial charge in [0.05, 0.1) is 6.61 Å². The van der Waals surface area contributed by atoms with Gasteiger partial charge < -0.3 is 15.2 Å². The maximum absolute atomic E-state index is 11.5. The summed E-state index contributed by atoms with van der Waals surface area (Å²) in [5, 5.41) is 11.9. The molecule has 0 spiro atoms. The largest absolute Gasteiger partial charge is 0.392 e. The highest BCUT2D eigenvalue weighted by molar-refractivity contribution is 5.77. The Morgan fingerprint density at radius 2 is 2.06 bits per heavy atom. The van der Waals surface area contributed by atoms with Crippen LogP contribution in [-0.4, -0.2) is 24.2 Å². The zero-order valence-electron chi connectivity index (χ0n) is 10.8. The molecule has 1 aromatic carbocycles. The molecule has 0 unspecified atom stereocenters. The van der Waals surface area contributed by atoms with Crippen LogP contribution in [0.15, 0.2) is 24.3 Å². The minimum atomic E-state index is -0.126. The van der Waals surface area contributed by atoms with Gasteiger partial charge in [0, 0.05) is 13.2 Å². The summed E-state index contributed by atoms with van der Waals surface area (Å²) in [4.78, 5) is 11.5. The number of rotatable bonds is 8. The fraction of sp³-hybridized carbons (Fsp3) is 0.500.